The van der Waals surface area contributed by atoms with Gasteiger partial charge in [-0.1, -0.05) is 0 Å². The van der Waals surface area contributed by atoms with Gasteiger partial charge in [-0.3, -0.25) is 4.90 Å². The van der Waals surface area contributed by atoms with Crippen LogP contribution in [-0.2, 0) is 16.0 Å². The van der Waals surface area contributed by atoms with E-state index in [1.165, 1.54) is 4.88 Å². The molecule has 3 rings (SSSR count). The zero-order valence-corrected chi connectivity index (χ0v) is 11.0. The monoisotopic (exact) mass is 254 g/mol. The van der Waals surface area contributed by atoms with Crippen molar-refractivity contribution in [3.8, 4) is 0 Å². The molecule has 1 spiro atoms. The highest BCUT2D eigenvalue weighted by Crippen LogP contribution is 2.31. The lowest BCUT2D eigenvalue weighted by Gasteiger charge is -2.37. The molecular formula is C12H18N2O2S. The minimum Gasteiger partial charge on any atom is -0.347 e. The van der Waals surface area contributed by atoms with Crippen molar-refractivity contribution in [3.63, 3.8) is 0 Å². The van der Waals surface area contributed by atoms with Gasteiger partial charge in [0, 0.05) is 43.5 Å². The first-order valence-corrected chi connectivity index (χ1v) is 6.99. The Morgan fingerprint density at radius 2 is 2.06 bits per heavy atom. The van der Waals surface area contributed by atoms with Crippen LogP contribution in [0.5, 0.6) is 0 Å². The summed E-state index contributed by atoms with van der Waals surface area (Å²) in [5.41, 5.74) is 0. The molecule has 0 amide bonds. The standard InChI is InChI=1S/C12H18N2O2S/c1-10-13-8-11(17-10)9-14-4-2-12(3-5-14)15-6-7-16-12/h8H,2-7,9H2,1H3. The summed E-state index contributed by atoms with van der Waals surface area (Å²) in [7, 11) is 0. The maximum Gasteiger partial charge on any atom is 0.170 e. The molecule has 2 aliphatic rings. The smallest absolute Gasteiger partial charge is 0.170 e. The van der Waals surface area contributed by atoms with Crippen LogP contribution in [0.25, 0.3) is 0 Å². The molecule has 0 aliphatic carbocycles. The first kappa shape index (κ1) is 11.6. The van der Waals surface area contributed by atoms with E-state index in [4.69, 9.17) is 9.47 Å². The van der Waals surface area contributed by atoms with E-state index in [-0.39, 0.29) is 5.79 Å². The molecule has 2 aliphatic heterocycles. The molecule has 0 N–H and O–H groups in total. The zero-order valence-electron chi connectivity index (χ0n) is 10.1. The van der Waals surface area contributed by atoms with E-state index in [0.717, 1.165) is 50.7 Å². The topological polar surface area (TPSA) is 34.6 Å². The fourth-order valence-electron chi connectivity index (χ4n) is 2.54. The fourth-order valence-corrected chi connectivity index (χ4v) is 3.37. The molecule has 1 aromatic rings. The number of piperidine rings is 1. The molecule has 2 saturated heterocycles. The minimum atomic E-state index is -0.250. The SMILES string of the molecule is Cc1ncc(CN2CCC3(CC2)OCCO3)s1. The number of aromatic nitrogens is 1. The number of rotatable bonds is 2. The van der Waals surface area contributed by atoms with Crippen LogP contribution in [0.4, 0.5) is 0 Å². The summed E-state index contributed by atoms with van der Waals surface area (Å²) >= 11 is 1.79. The third-order valence-corrected chi connectivity index (χ3v) is 4.38. The molecule has 0 saturated carbocycles. The van der Waals surface area contributed by atoms with E-state index >= 15 is 0 Å². The predicted molar refractivity (Wildman–Crippen MR) is 66.0 cm³/mol. The molecule has 2 fully saturated rings. The fraction of sp³-hybridized carbons (Fsp3) is 0.750. The Kier molecular flexibility index (Phi) is 3.17. The average molecular weight is 254 g/mol. The van der Waals surface area contributed by atoms with Gasteiger partial charge in [0.15, 0.2) is 5.79 Å². The summed E-state index contributed by atoms with van der Waals surface area (Å²) < 4.78 is 11.5. The summed E-state index contributed by atoms with van der Waals surface area (Å²) in [5, 5.41) is 1.15. The second kappa shape index (κ2) is 4.65. The Labute approximate surface area is 106 Å². The number of aryl methyl sites for hydroxylation is 1. The van der Waals surface area contributed by atoms with Gasteiger partial charge in [0.25, 0.3) is 0 Å². The van der Waals surface area contributed by atoms with Crippen molar-refractivity contribution in [2.75, 3.05) is 26.3 Å². The second-order valence-corrected chi connectivity index (χ2v) is 6.05. The van der Waals surface area contributed by atoms with Gasteiger partial charge in [0.2, 0.25) is 0 Å². The highest BCUT2D eigenvalue weighted by Gasteiger charge is 2.39. The molecule has 4 nitrogen and oxygen atoms in total. The van der Waals surface area contributed by atoms with Crippen LogP contribution in [-0.4, -0.2) is 42.0 Å². The lowest BCUT2D eigenvalue weighted by molar-refractivity contribution is -0.185. The largest absolute Gasteiger partial charge is 0.347 e. The van der Waals surface area contributed by atoms with Gasteiger partial charge in [0.05, 0.1) is 18.2 Å². The van der Waals surface area contributed by atoms with Crippen molar-refractivity contribution in [3.05, 3.63) is 16.1 Å². The van der Waals surface area contributed by atoms with Crippen LogP contribution in [0.2, 0.25) is 0 Å². The zero-order chi connectivity index (χ0) is 11.7. The van der Waals surface area contributed by atoms with E-state index in [1.54, 1.807) is 11.3 Å². The lowest BCUT2D eigenvalue weighted by Crippen LogP contribution is -2.44. The molecule has 94 valence electrons. The third kappa shape index (κ3) is 2.52. The van der Waals surface area contributed by atoms with Gasteiger partial charge >= 0.3 is 0 Å². The Balaban J connectivity index is 1.54. The van der Waals surface area contributed by atoms with Crippen LogP contribution >= 0.6 is 11.3 Å². The van der Waals surface area contributed by atoms with Crippen molar-refractivity contribution < 1.29 is 9.47 Å². The highest BCUT2D eigenvalue weighted by atomic mass is 32.1. The van der Waals surface area contributed by atoms with E-state index < -0.39 is 0 Å². The number of likely N-dealkylation sites (tertiary alicyclic amines) is 1. The number of nitrogens with zero attached hydrogens (tertiary/aromatic N) is 2. The summed E-state index contributed by atoms with van der Waals surface area (Å²) in [6, 6.07) is 0. The molecule has 0 radical (unpaired) electrons. The first-order chi connectivity index (χ1) is 8.26. The summed E-state index contributed by atoms with van der Waals surface area (Å²) in [4.78, 5) is 8.11. The van der Waals surface area contributed by atoms with Gasteiger partial charge in [-0.15, -0.1) is 11.3 Å². The van der Waals surface area contributed by atoms with Gasteiger partial charge in [-0.2, -0.15) is 0 Å². The molecule has 3 heterocycles. The van der Waals surface area contributed by atoms with Crippen LogP contribution in [0, 0.1) is 6.92 Å². The van der Waals surface area contributed by atoms with Gasteiger partial charge < -0.3 is 9.47 Å². The average Bonchev–Trinajstić information content (AvgIpc) is 2.93. The molecule has 0 unspecified atom stereocenters. The normalized spacial score (nSPS) is 24.5. The Hall–Kier alpha value is -0.490. The molecule has 0 aromatic carbocycles. The van der Waals surface area contributed by atoms with E-state index in [2.05, 4.69) is 16.8 Å². The van der Waals surface area contributed by atoms with E-state index in [9.17, 15) is 0 Å². The first-order valence-electron chi connectivity index (χ1n) is 6.17. The molecular weight excluding hydrogens is 236 g/mol. The lowest BCUT2D eigenvalue weighted by atomic mass is 10.0. The molecule has 17 heavy (non-hydrogen) atoms. The Morgan fingerprint density at radius 3 is 2.65 bits per heavy atom. The van der Waals surface area contributed by atoms with Crippen LogP contribution in [0.3, 0.4) is 0 Å². The maximum atomic E-state index is 5.73. The van der Waals surface area contributed by atoms with Crippen molar-refractivity contribution in [2.45, 2.75) is 32.1 Å². The van der Waals surface area contributed by atoms with Crippen LogP contribution in [0.1, 0.15) is 22.7 Å². The van der Waals surface area contributed by atoms with Crippen LogP contribution in [0.15, 0.2) is 6.20 Å². The van der Waals surface area contributed by atoms with E-state index in [1.807, 2.05) is 6.20 Å². The van der Waals surface area contributed by atoms with Crippen LogP contribution < -0.4 is 0 Å². The minimum absolute atomic E-state index is 0.250. The molecule has 0 atom stereocenters. The third-order valence-electron chi connectivity index (χ3n) is 3.48. The van der Waals surface area contributed by atoms with Crippen molar-refractivity contribution >= 4 is 11.3 Å². The van der Waals surface area contributed by atoms with Gasteiger partial charge in [0.1, 0.15) is 0 Å². The second-order valence-electron chi connectivity index (χ2n) is 4.73. The van der Waals surface area contributed by atoms with Crippen molar-refractivity contribution in [1.29, 1.82) is 0 Å². The summed E-state index contributed by atoms with van der Waals surface area (Å²) in [5.74, 6) is -0.250. The number of hydrogen-bond donors (Lipinski definition) is 0. The Morgan fingerprint density at radius 1 is 1.35 bits per heavy atom. The van der Waals surface area contributed by atoms with Crippen molar-refractivity contribution in [2.24, 2.45) is 0 Å². The molecule has 1 aromatic heterocycles. The van der Waals surface area contributed by atoms with Gasteiger partial charge in [-0.25, -0.2) is 4.98 Å². The number of hydrogen-bond acceptors (Lipinski definition) is 5. The number of ether oxygens (including phenoxy) is 2. The van der Waals surface area contributed by atoms with Gasteiger partial charge in [-0.05, 0) is 6.92 Å². The summed E-state index contributed by atoms with van der Waals surface area (Å²) in [6.07, 6.45) is 3.97. The predicted octanol–water partition coefficient (Wildman–Crippen LogP) is 1.79. The maximum absolute atomic E-state index is 5.73. The van der Waals surface area contributed by atoms with Crippen molar-refractivity contribution in [1.82, 2.24) is 9.88 Å². The Bertz CT molecular complexity index is 378. The summed E-state index contributed by atoms with van der Waals surface area (Å²) in [6.45, 7) is 6.69. The number of thiazole rings is 1. The van der Waals surface area contributed by atoms with E-state index in [0.29, 0.717) is 0 Å². The molecule has 5 heteroatoms. The quantitative estimate of drug-likeness (QED) is 0.806. The molecule has 0 bridgehead atoms. The highest BCUT2D eigenvalue weighted by molar-refractivity contribution is 7.11.